The number of unbranched alkanes of at least 4 members (excludes halogenated alkanes) is 44. The van der Waals surface area contributed by atoms with Crippen molar-refractivity contribution in [3.05, 3.63) is 24.3 Å². The maximum Gasteiger partial charge on any atom is 0.249 e. The van der Waals surface area contributed by atoms with Crippen LogP contribution in [-0.2, 0) is 4.79 Å². The lowest BCUT2D eigenvalue weighted by Gasteiger charge is -2.23. The van der Waals surface area contributed by atoms with E-state index in [4.69, 9.17) is 0 Å². The molecule has 0 aliphatic rings. The van der Waals surface area contributed by atoms with E-state index in [9.17, 15) is 20.1 Å². The average Bonchev–Trinajstić information content (AvgIpc) is 3.32. The summed E-state index contributed by atoms with van der Waals surface area (Å²) in [5, 5.41) is 33.5. The minimum atomic E-state index is -1.07. The highest BCUT2D eigenvalue weighted by molar-refractivity contribution is 5.80. The zero-order chi connectivity index (χ0) is 47.9. The van der Waals surface area contributed by atoms with Gasteiger partial charge in [0, 0.05) is 0 Å². The fraction of sp³-hybridized carbons (Fsp3) is 0.918. The van der Waals surface area contributed by atoms with E-state index in [0.717, 1.165) is 38.5 Å². The second-order valence-electron chi connectivity index (χ2n) is 20.9. The quantitative estimate of drug-likeness (QED) is 0.0361. The molecule has 0 heterocycles. The molecule has 66 heavy (non-hydrogen) atoms. The van der Waals surface area contributed by atoms with Gasteiger partial charge in [0.25, 0.3) is 0 Å². The second kappa shape index (κ2) is 56.4. The van der Waals surface area contributed by atoms with Crippen LogP contribution in [0, 0.1) is 0 Å². The minimum Gasteiger partial charge on any atom is -0.394 e. The summed E-state index contributed by atoms with van der Waals surface area (Å²) >= 11 is 0. The predicted molar refractivity (Wildman–Crippen MR) is 292 cm³/mol. The van der Waals surface area contributed by atoms with Gasteiger partial charge in [-0.3, -0.25) is 4.79 Å². The van der Waals surface area contributed by atoms with Crippen molar-refractivity contribution in [1.82, 2.24) is 5.32 Å². The van der Waals surface area contributed by atoms with Crippen LogP contribution in [0.2, 0.25) is 0 Å². The summed E-state index contributed by atoms with van der Waals surface area (Å²) in [6.07, 6.45) is 72.5. The summed E-state index contributed by atoms with van der Waals surface area (Å²) in [6, 6.07) is -0.710. The first-order valence-corrected chi connectivity index (χ1v) is 30.1. The van der Waals surface area contributed by atoms with Gasteiger partial charge >= 0.3 is 0 Å². The molecule has 3 atom stereocenters. The maximum absolute atomic E-state index is 12.6. The van der Waals surface area contributed by atoms with Crippen molar-refractivity contribution >= 4 is 5.91 Å². The Balaban J connectivity index is 3.45. The average molecular weight is 931 g/mol. The van der Waals surface area contributed by atoms with E-state index in [0.29, 0.717) is 12.8 Å². The molecular formula is C61H119NO4. The molecule has 392 valence electrons. The van der Waals surface area contributed by atoms with Gasteiger partial charge in [-0.25, -0.2) is 0 Å². The van der Waals surface area contributed by atoms with Gasteiger partial charge in [-0.15, -0.1) is 0 Å². The first-order valence-electron chi connectivity index (χ1n) is 30.1. The smallest absolute Gasteiger partial charge is 0.249 e. The van der Waals surface area contributed by atoms with E-state index in [1.165, 1.54) is 270 Å². The Labute approximate surface area is 413 Å². The van der Waals surface area contributed by atoms with Crippen molar-refractivity contribution in [3.8, 4) is 0 Å². The molecule has 0 saturated heterocycles. The zero-order valence-electron chi connectivity index (χ0n) is 44.9. The van der Waals surface area contributed by atoms with E-state index >= 15 is 0 Å². The van der Waals surface area contributed by atoms with E-state index in [1.54, 1.807) is 0 Å². The highest BCUT2D eigenvalue weighted by Crippen LogP contribution is 2.18. The largest absolute Gasteiger partial charge is 0.394 e. The summed E-state index contributed by atoms with van der Waals surface area (Å²) in [5.74, 6) is -0.466. The van der Waals surface area contributed by atoms with Crippen LogP contribution in [0.5, 0.6) is 0 Å². The van der Waals surface area contributed by atoms with Gasteiger partial charge in [0.1, 0.15) is 6.10 Å². The number of hydrogen-bond acceptors (Lipinski definition) is 4. The van der Waals surface area contributed by atoms with Gasteiger partial charge in [0.15, 0.2) is 0 Å². The minimum absolute atomic E-state index is 0.311. The van der Waals surface area contributed by atoms with Crippen LogP contribution in [0.1, 0.15) is 335 Å². The van der Waals surface area contributed by atoms with Crippen LogP contribution < -0.4 is 5.32 Å². The predicted octanol–water partition coefficient (Wildman–Crippen LogP) is 18.8. The van der Waals surface area contributed by atoms with Gasteiger partial charge in [-0.1, -0.05) is 314 Å². The Hall–Kier alpha value is -1.17. The normalized spacial score (nSPS) is 13.3. The van der Waals surface area contributed by atoms with Crippen LogP contribution >= 0.6 is 0 Å². The summed E-state index contributed by atoms with van der Waals surface area (Å²) in [7, 11) is 0. The Morgan fingerprint density at radius 1 is 0.364 bits per heavy atom. The first-order chi connectivity index (χ1) is 32.6. The maximum atomic E-state index is 12.6. The molecule has 0 aromatic heterocycles. The number of aliphatic hydroxyl groups is 3. The van der Waals surface area contributed by atoms with Gasteiger partial charge in [-0.2, -0.15) is 0 Å². The van der Waals surface area contributed by atoms with Crippen LogP contribution in [0.15, 0.2) is 24.3 Å². The van der Waals surface area contributed by atoms with Crippen molar-refractivity contribution in [2.45, 2.75) is 353 Å². The number of rotatable bonds is 56. The number of hydrogen-bond donors (Lipinski definition) is 4. The summed E-state index contributed by atoms with van der Waals surface area (Å²) in [6.45, 7) is 4.26. The molecule has 0 aromatic carbocycles. The Bertz CT molecular complexity index is 982. The van der Waals surface area contributed by atoms with Gasteiger partial charge in [0.2, 0.25) is 5.91 Å². The van der Waals surface area contributed by atoms with Crippen molar-refractivity contribution in [1.29, 1.82) is 0 Å². The molecule has 5 heteroatoms. The molecule has 0 bridgehead atoms. The third-order valence-electron chi connectivity index (χ3n) is 14.3. The molecule has 0 fully saturated rings. The Morgan fingerprint density at radius 3 is 0.909 bits per heavy atom. The van der Waals surface area contributed by atoms with E-state index in [-0.39, 0.29) is 6.61 Å². The molecular weight excluding hydrogens is 811 g/mol. The lowest BCUT2D eigenvalue weighted by molar-refractivity contribution is -0.131. The van der Waals surface area contributed by atoms with Gasteiger partial charge < -0.3 is 20.6 Å². The number of aliphatic hydroxyl groups excluding tert-OH is 3. The molecule has 0 aliphatic heterocycles. The molecule has 1 amide bonds. The summed E-state index contributed by atoms with van der Waals surface area (Å²) in [4.78, 5) is 12.6. The highest BCUT2D eigenvalue weighted by Gasteiger charge is 2.23. The Morgan fingerprint density at radius 2 is 0.621 bits per heavy atom. The SMILES string of the molecule is CCCCCCCCCCCCCCCCC/C=C\C/C=C\CCCCCCCCCCCCCCCCCCC(O)C(=O)NC(CO)C(O)CCCCCCCCCCCCCCCC. The lowest BCUT2D eigenvalue weighted by atomic mass is 10.0. The standard InChI is InChI=1S/C61H119NO4/c1-3-5-7-9-11-13-15-17-19-20-21-22-23-24-25-26-27-28-29-30-31-32-33-34-35-36-37-38-39-40-41-42-44-46-48-50-52-54-56-60(65)61(66)62-58(57-63)59(64)55-53-51-49-47-45-43-18-16-14-12-10-8-6-4-2/h27-28,30-31,58-60,63-65H,3-26,29,32-57H2,1-2H3,(H,62,66)/b28-27-,31-30-. The van der Waals surface area contributed by atoms with Crippen molar-refractivity contribution in [2.75, 3.05) is 6.61 Å². The fourth-order valence-corrected chi connectivity index (χ4v) is 9.64. The summed E-state index contributed by atoms with van der Waals surface area (Å²) in [5.41, 5.74) is 0. The third-order valence-corrected chi connectivity index (χ3v) is 14.3. The fourth-order valence-electron chi connectivity index (χ4n) is 9.64. The Kier molecular flexibility index (Phi) is 55.4. The second-order valence-corrected chi connectivity index (χ2v) is 20.9. The lowest BCUT2D eigenvalue weighted by Crippen LogP contribution is -2.49. The highest BCUT2D eigenvalue weighted by atomic mass is 16.3. The van der Waals surface area contributed by atoms with Crippen LogP contribution in [0.3, 0.4) is 0 Å². The van der Waals surface area contributed by atoms with Gasteiger partial charge in [-0.05, 0) is 44.9 Å². The van der Waals surface area contributed by atoms with Crippen molar-refractivity contribution < 1.29 is 20.1 Å². The van der Waals surface area contributed by atoms with Gasteiger partial charge in [0.05, 0.1) is 18.8 Å². The number of carbonyl (C=O) groups is 1. The topological polar surface area (TPSA) is 89.8 Å². The number of carbonyl (C=O) groups excluding carboxylic acids is 1. The molecule has 0 aliphatic carbocycles. The first kappa shape index (κ1) is 64.8. The molecule has 5 nitrogen and oxygen atoms in total. The monoisotopic (exact) mass is 930 g/mol. The van der Waals surface area contributed by atoms with Crippen LogP contribution in [-0.4, -0.2) is 46.1 Å². The molecule has 3 unspecified atom stereocenters. The van der Waals surface area contributed by atoms with E-state index in [1.807, 2.05) is 0 Å². The molecule has 0 rings (SSSR count). The number of allylic oxidation sites excluding steroid dienone is 4. The zero-order valence-corrected chi connectivity index (χ0v) is 44.9. The van der Waals surface area contributed by atoms with Crippen molar-refractivity contribution in [2.24, 2.45) is 0 Å². The molecule has 0 saturated carbocycles. The molecule has 0 aromatic rings. The summed E-state index contributed by atoms with van der Waals surface area (Å²) < 4.78 is 0. The third kappa shape index (κ3) is 50.7. The molecule has 0 spiro atoms. The number of amides is 1. The molecule has 0 radical (unpaired) electrons. The molecule has 4 N–H and O–H groups in total. The van der Waals surface area contributed by atoms with Crippen molar-refractivity contribution in [3.63, 3.8) is 0 Å². The van der Waals surface area contributed by atoms with E-state index in [2.05, 4.69) is 43.5 Å². The van der Waals surface area contributed by atoms with Crippen LogP contribution in [0.25, 0.3) is 0 Å². The number of nitrogens with one attached hydrogen (secondary N) is 1. The van der Waals surface area contributed by atoms with E-state index < -0.39 is 24.2 Å². The van der Waals surface area contributed by atoms with Crippen LogP contribution in [0.4, 0.5) is 0 Å².